The lowest BCUT2D eigenvalue weighted by Gasteiger charge is -2.10. The Morgan fingerprint density at radius 1 is 1.15 bits per heavy atom. The van der Waals surface area contributed by atoms with Crippen molar-refractivity contribution in [2.45, 2.75) is 33.1 Å². The molecule has 0 bridgehead atoms. The van der Waals surface area contributed by atoms with Gasteiger partial charge >= 0.3 is 0 Å². The summed E-state index contributed by atoms with van der Waals surface area (Å²) in [5.74, 6) is 2.37. The molecule has 2 aromatic rings. The first-order valence-electron chi connectivity index (χ1n) is 6.92. The monoisotopic (exact) mass is 271 g/mol. The van der Waals surface area contributed by atoms with Gasteiger partial charge in [-0.2, -0.15) is 0 Å². The zero-order chi connectivity index (χ0) is 14.5. The maximum Gasteiger partial charge on any atom is 0.133 e. The third-order valence-corrected chi connectivity index (χ3v) is 3.04. The van der Waals surface area contributed by atoms with Crippen LogP contribution >= 0.6 is 0 Å². The summed E-state index contributed by atoms with van der Waals surface area (Å²) in [7, 11) is 0. The molecule has 0 radical (unpaired) electrons. The van der Waals surface area contributed by atoms with Gasteiger partial charge in [0, 0.05) is 24.2 Å². The Morgan fingerprint density at radius 2 is 1.85 bits per heavy atom. The van der Waals surface area contributed by atoms with E-state index in [9.17, 15) is 5.11 Å². The average molecular weight is 271 g/mol. The first-order valence-corrected chi connectivity index (χ1v) is 6.92. The lowest BCUT2D eigenvalue weighted by molar-refractivity contribution is 0.475. The van der Waals surface area contributed by atoms with Gasteiger partial charge in [0.2, 0.25) is 0 Å². The van der Waals surface area contributed by atoms with Crippen molar-refractivity contribution < 1.29 is 5.11 Å². The highest BCUT2D eigenvalue weighted by molar-refractivity contribution is 5.36. The molecule has 0 saturated carbocycles. The van der Waals surface area contributed by atoms with Gasteiger partial charge in [-0.3, -0.25) is 0 Å². The molecule has 0 spiro atoms. The Bertz CT molecular complexity index is 564. The van der Waals surface area contributed by atoms with E-state index < -0.39 is 0 Å². The van der Waals surface area contributed by atoms with E-state index >= 15 is 0 Å². The fourth-order valence-electron chi connectivity index (χ4n) is 1.94. The van der Waals surface area contributed by atoms with Crippen molar-refractivity contribution in [2.75, 3.05) is 11.9 Å². The summed E-state index contributed by atoms with van der Waals surface area (Å²) in [5.41, 5.74) is 2.17. The number of aromatic hydroxyl groups is 1. The van der Waals surface area contributed by atoms with Crippen LogP contribution in [-0.4, -0.2) is 21.6 Å². The van der Waals surface area contributed by atoms with Crippen LogP contribution in [0.1, 0.15) is 36.8 Å². The second-order valence-electron chi connectivity index (χ2n) is 5.25. The second-order valence-corrected chi connectivity index (χ2v) is 5.25. The normalized spacial score (nSPS) is 10.8. The van der Waals surface area contributed by atoms with Gasteiger partial charge in [-0.15, -0.1) is 0 Å². The Hall–Kier alpha value is -2.10. The van der Waals surface area contributed by atoms with Crippen LogP contribution in [0, 0.1) is 6.92 Å². The Labute approximate surface area is 119 Å². The van der Waals surface area contributed by atoms with Gasteiger partial charge in [0.25, 0.3) is 0 Å². The van der Waals surface area contributed by atoms with Crippen molar-refractivity contribution in [3.05, 3.63) is 47.4 Å². The number of anilines is 1. The summed E-state index contributed by atoms with van der Waals surface area (Å²) in [5, 5.41) is 12.6. The van der Waals surface area contributed by atoms with Gasteiger partial charge in [0.05, 0.1) is 0 Å². The van der Waals surface area contributed by atoms with E-state index in [1.54, 1.807) is 12.1 Å². The molecule has 2 rings (SSSR count). The van der Waals surface area contributed by atoms with E-state index in [2.05, 4.69) is 29.1 Å². The third kappa shape index (κ3) is 3.95. The molecule has 0 saturated heterocycles. The maximum absolute atomic E-state index is 9.24. The Kier molecular flexibility index (Phi) is 4.56. The molecule has 0 aliphatic heterocycles. The molecule has 0 aliphatic carbocycles. The summed E-state index contributed by atoms with van der Waals surface area (Å²) in [6, 6.07) is 9.24. The quantitative estimate of drug-likeness (QED) is 0.876. The minimum Gasteiger partial charge on any atom is -0.508 e. The highest BCUT2D eigenvalue weighted by Gasteiger charge is 2.05. The van der Waals surface area contributed by atoms with Crippen molar-refractivity contribution in [3.63, 3.8) is 0 Å². The summed E-state index contributed by atoms with van der Waals surface area (Å²) in [6.07, 6.45) is 0.889. The molecule has 0 unspecified atom stereocenters. The van der Waals surface area contributed by atoms with Gasteiger partial charge in [-0.05, 0) is 31.0 Å². The summed E-state index contributed by atoms with van der Waals surface area (Å²) >= 11 is 0. The highest BCUT2D eigenvalue weighted by atomic mass is 16.3. The molecule has 2 N–H and O–H groups in total. The molecule has 0 amide bonds. The zero-order valence-electron chi connectivity index (χ0n) is 12.2. The fourth-order valence-corrected chi connectivity index (χ4v) is 1.94. The molecule has 4 heteroatoms. The van der Waals surface area contributed by atoms with E-state index in [4.69, 9.17) is 0 Å². The minimum absolute atomic E-state index is 0.301. The van der Waals surface area contributed by atoms with Crippen LogP contribution in [0.4, 0.5) is 5.82 Å². The topological polar surface area (TPSA) is 58.0 Å². The highest BCUT2D eigenvalue weighted by Crippen LogP contribution is 2.14. The molecule has 1 aromatic heterocycles. The number of phenolic OH excluding ortho intramolecular Hbond substituents is 1. The van der Waals surface area contributed by atoms with Crippen molar-refractivity contribution >= 4 is 5.82 Å². The maximum atomic E-state index is 9.24. The number of nitrogens with one attached hydrogen (secondary N) is 1. The first kappa shape index (κ1) is 14.3. The van der Waals surface area contributed by atoms with Crippen LogP contribution in [0.15, 0.2) is 30.3 Å². The van der Waals surface area contributed by atoms with Crippen LogP contribution in [0.2, 0.25) is 0 Å². The molecule has 0 atom stereocenters. The van der Waals surface area contributed by atoms with Crippen molar-refractivity contribution in [2.24, 2.45) is 0 Å². The van der Waals surface area contributed by atoms with Crippen LogP contribution < -0.4 is 5.32 Å². The summed E-state index contributed by atoms with van der Waals surface area (Å²) < 4.78 is 0. The van der Waals surface area contributed by atoms with Gasteiger partial charge in [-0.1, -0.05) is 26.0 Å². The van der Waals surface area contributed by atoms with E-state index in [0.717, 1.165) is 30.3 Å². The zero-order valence-corrected chi connectivity index (χ0v) is 12.2. The SMILES string of the molecule is Cc1cc(NCCc2ccc(O)cc2)nc(C(C)C)n1. The van der Waals surface area contributed by atoms with Gasteiger partial charge in [0.1, 0.15) is 17.4 Å². The summed E-state index contributed by atoms with van der Waals surface area (Å²) in [6.45, 7) is 6.97. The van der Waals surface area contributed by atoms with E-state index in [-0.39, 0.29) is 0 Å². The number of rotatable bonds is 5. The molecule has 106 valence electrons. The molecular weight excluding hydrogens is 250 g/mol. The smallest absolute Gasteiger partial charge is 0.133 e. The molecule has 20 heavy (non-hydrogen) atoms. The minimum atomic E-state index is 0.301. The van der Waals surface area contributed by atoms with Gasteiger partial charge in [-0.25, -0.2) is 9.97 Å². The fraction of sp³-hybridized carbons (Fsp3) is 0.375. The van der Waals surface area contributed by atoms with E-state index in [1.807, 2.05) is 25.1 Å². The Balaban J connectivity index is 1.95. The van der Waals surface area contributed by atoms with Crippen LogP contribution in [-0.2, 0) is 6.42 Å². The number of nitrogens with zero attached hydrogens (tertiary/aromatic N) is 2. The lowest BCUT2D eigenvalue weighted by Crippen LogP contribution is -2.09. The number of benzene rings is 1. The Morgan fingerprint density at radius 3 is 2.50 bits per heavy atom. The second kappa shape index (κ2) is 6.37. The third-order valence-electron chi connectivity index (χ3n) is 3.04. The molecule has 0 aliphatic rings. The lowest BCUT2D eigenvalue weighted by atomic mass is 10.1. The van der Waals surface area contributed by atoms with E-state index in [0.29, 0.717) is 11.7 Å². The van der Waals surface area contributed by atoms with Gasteiger partial charge in [0.15, 0.2) is 0 Å². The van der Waals surface area contributed by atoms with E-state index in [1.165, 1.54) is 5.56 Å². The molecule has 4 nitrogen and oxygen atoms in total. The van der Waals surface area contributed by atoms with Gasteiger partial charge < -0.3 is 10.4 Å². The number of aryl methyl sites for hydroxylation is 1. The van der Waals surface area contributed by atoms with Crippen LogP contribution in [0.3, 0.4) is 0 Å². The standard InChI is InChI=1S/C16H21N3O/c1-11(2)16-18-12(3)10-15(19-16)17-9-8-13-4-6-14(20)7-5-13/h4-7,10-11,20H,8-9H2,1-3H3,(H,17,18,19). The predicted molar refractivity (Wildman–Crippen MR) is 81.2 cm³/mol. The number of aromatic nitrogens is 2. The van der Waals surface area contributed by atoms with Crippen molar-refractivity contribution in [3.8, 4) is 5.75 Å². The molecule has 1 heterocycles. The first-order chi connectivity index (χ1) is 9.54. The number of hydrogen-bond donors (Lipinski definition) is 2. The average Bonchev–Trinajstić information content (AvgIpc) is 2.40. The number of phenols is 1. The predicted octanol–water partition coefficient (Wildman–Crippen LogP) is 3.27. The van der Waals surface area contributed by atoms with Crippen molar-refractivity contribution in [1.29, 1.82) is 0 Å². The van der Waals surface area contributed by atoms with Crippen LogP contribution in [0.5, 0.6) is 5.75 Å². The van der Waals surface area contributed by atoms with Crippen molar-refractivity contribution in [1.82, 2.24) is 9.97 Å². The largest absolute Gasteiger partial charge is 0.508 e. The number of hydrogen-bond acceptors (Lipinski definition) is 4. The summed E-state index contributed by atoms with van der Waals surface area (Å²) in [4.78, 5) is 8.95. The molecular formula is C16H21N3O. The molecule has 1 aromatic carbocycles. The molecule has 0 fully saturated rings. The van der Waals surface area contributed by atoms with Crippen LogP contribution in [0.25, 0.3) is 0 Å².